The Balaban J connectivity index is 1.61. The van der Waals surface area contributed by atoms with E-state index >= 15 is 0 Å². The minimum atomic E-state index is -0.628. The Hall–Kier alpha value is -3.02. The summed E-state index contributed by atoms with van der Waals surface area (Å²) in [6, 6.07) is 13.8. The first-order valence-electron chi connectivity index (χ1n) is 8.19. The number of ether oxygens (including phenoxy) is 1. The van der Waals surface area contributed by atoms with Crippen molar-refractivity contribution in [3.8, 4) is 5.75 Å². The van der Waals surface area contributed by atoms with Gasteiger partial charge >= 0.3 is 6.03 Å². The van der Waals surface area contributed by atoms with Crippen LogP contribution in [0.3, 0.4) is 0 Å². The van der Waals surface area contributed by atoms with Gasteiger partial charge in [-0.3, -0.25) is 4.79 Å². The van der Waals surface area contributed by atoms with Gasteiger partial charge in [-0.25, -0.2) is 4.79 Å². The average Bonchev–Trinajstić information content (AvgIpc) is 3.05. The molecule has 0 unspecified atom stereocenters. The summed E-state index contributed by atoms with van der Waals surface area (Å²) in [7, 11) is 1.56. The predicted octanol–water partition coefficient (Wildman–Crippen LogP) is 2.79. The van der Waals surface area contributed by atoms with Crippen LogP contribution < -0.4 is 20.3 Å². The molecule has 0 fully saturated rings. The van der Waals surface area contributed by atoms with Crippen LogP contribution >= 0.6 is 0 Å². The number of amides is 3. The molecule has 1 atom stereocenters. The van der Waals surface area contributed by atoms with Crippen LogP contribution in [0.25, 0.3) is 0 Å². The Morgan fingerprint density at radius 2 is 1.96 bits per heavy atom. The second-order valence-corrected chi connectivity index (χ2v) is 5.92. The fourth-order valence-corrected chi connectivity index (χ4v) is 2.93. The van der Waals surface area contributed by atoms with E-state index in [1.165, 1.54) is 0 Å². The molecule has 0 spiro atoms. The summed E-state index contributed by atoms with van der Waals surface area (Å²) in [5.74, 6) is 0.529. The number of para-hydroxylation sites is 1. The Morgan fingerprint density at radius 1 is 1.16 bits per heavy atom. The molecule has 2 aromatic rings. The maximum atomic E-state index is 12.7. The highest BCUT2D eigenvalue weighted by Crippen LogP contribution is 2.27. The molecule has 1 aliphatic rings. The van der Waals surface area contributed by atoms with Crippen LogP contribution in [0.1, 0.15) is 12.5 Å². The van der Waals surface area contributed by atoms with Crippen LogP contribution in [-0.2, 0) is 11.2 Å². The minimum Gasteiger partial charge on any atom is -0.497 e. The number of methoxy groups -OCH3 is 1. The molecule has 6 heteroatoms. The first-order valence-corrected chi connectivity index (χ1v) is 8.19. The van der Waals surface area contributed by atoms with Crippen molar-refractivity contribution in [1.29, 1.82) is 0 Å². The molecule has 1 aliphatic heterocycles. The second-order valence-electron chi connectivity index (χ2n) is 5.92. The van der Waals surface area contributed by atoms with E-state index in [4.69, 9.17) is 4.74 Å². The topological polar surface area (TPSA) is 70.7 Å². The van der Waals surface area contributed by atoms with Crippen LogP contribution in [-0.4, -0.2) is 31.6 Å². The molecule has 1 heterocycles. The molecule has 2 aromatic carbocycles. The Morgan fingerprint density at radius 3 is 2.76 bits per heavy atom. The first kappa shape index (κ1) is 16.8. The highest BCUT2D eigenvalue weighted by molar-refractivity contribution is 6.01. The molecule has 0 aromatic heterocycles. The predicted molar refractivity (Wildman–Crippen MR) is 97.1 cm³/mol. The van der Waals surface area contributed by atoms with Gasteiger partial charge in [0.05, 0.1) is 7.11 Å². The number of urea groups is 1. The number of rotatable bonds is 4. The zero-order chi connectivity index (χ0) is 17.8. The molecule has 130 valence electrons. The van der Waals surface area contributed by atoms with Gasteiger partial charge in [0.2, 0.25) is 5.91 Å². The van der Waals surface area contributed by atoms with Gasteiger partial charge in [0.1, 0.15) is 11.8 Å². The number of nitrogens with one attached hydrogen (secondary N) is 2. The van der Waals surface area contributed by atoms with Crippen molar-refractivity contribution in [2.75, 3.05) is 23.9 Å². The molecule has 0 aliphatic carbocycles. The van der Waals surface area contributed by atoms with Crippen LogP contribution in [0, 0.1) is 0 Å². The fourth-order valence-electron chi connectivity index (χ4n) is 2.93. The van der Waals surface area contributed by atoms with Gasteiger partial charge in [0.15, 0.2) is 0 Å². The highest BCUT2D eigenvalue weighted by atomic mass is 16.5. The van der Waals surface area contributed by atoms with Gasteiger partial charge in [0.25, 0.3) is 0 Å². The van der Waals surface area contributed by atoms with Gasteiger partial charge in [0, 0.05) is 24.0 Å². The zero-order valence-electron chi connectivity index (χ0n) is 14.3. The van der Waals surface area contributed by atoms with E-state index in [2.05, 4.69) is 10.6 Å². The monoisotopic (exact) mass is 339 g/mol. The summed E-state index contributed by atoms with van der Waals surface area (Å²) in [5.41, 5.74) is 2.68. The number of carbonyl (C=O) groups excluding carboxylic acids is 2. The van der Waals surface area contributed by atoms with Crippen LogP contribution in [0.2, 0.25) is 0 Å². The third-order valence-electron chi connectivity index (χ3n) is 4.20. The van der Waals surface area contributed by atoms with Crippen molar-refractivity contribution in [3.05, 3.63) is 54.1 Å². The van der Waals surface area contributed by atoms with Crippen LogP contribution in [0.15, 0.2) is 48.5 Å². The highest BCUT2D eigenvalue weighted by Gasteiger charge is 2.28. The molecule has 25 heavy (non-hydrogen) atoms. The lowest BCUT2D eigenvalue weighted by molar-refractivity contribution is -0.119. The zero-order valence-corrected chi connectivity index (χ0v) is 14.3. The molecule has 2 N–H and O–H groups in total. The standard InChI is InChI=1S/C19H21N3O3/c1-13(18(23)22-11-10-14-6-3-4-9-17(14)22)20-19(24)21-15-7-5-8-16(12-15)25-2/h3-9,12-13H,10-11H2,1-2H3,(H2,20,21,24)/t13-/m0/s1. The summed E-state index contributed by atoms with van der Waals surface area (Å²) in [6.45, 7) is 2.33. The number of hydrogen-bond donors (Lipinski definition) is 2. The van der Waals surface area contributed by atoms with Crippen LogP contribution in [0.4, 0.5) is 16.2 Å². The summed E-state index contributed by atoms with van der Waals surface area (Å²) < 4.78 is 5.12. The van der Waals surface area contributed by atoms with E-state index in [0.29, 0.717) is 18.0 Å². The largest absolute Gasteiger partial charge is 0.497 e. The van der Waals surface area contributed by atoms with E-state index in [0.717, 1.165) is 17.7 Å². The van der Waals surface area contributed by atoms with Crippen molar-refractivity contribution >= 4 is 23.3 Å². The number of benzene rings is 2. The van der Waals surface area contributed by atoms with Crippen LogP contribution in [0.5, 0.6) is 5.75 Å². The van der Waals surface area contributed by atoms with E-state index in [-0.39, 0.29) is 5.91 Å². The van der Waals surface area contributed by atoms with Crippen molar-refractivity contribution < 1.29 is 14.3 Å². The van der Waals surface area contributed by atoms with Crippen molar-refractivity contribution in [3.63, 3.8) is 0 Å². The molecule has 0 radical (unpaired) electrons. The Labute approximate surface area is 146 Å². The average molecular weight is 339 g/mol. The van der Waals surface area contributed by atoms with Gasteiger partial charge in [-0.05, 0) is 37.1 Å². The lowest BCUT2D eigenvalue weighted by atomic mass is 10.2. The van der Waals surface area contributed by atoms with E-state index in [1.807, 2.05) is 24.3 Å². The Kier molecular flexibility index (Phi) is 4.88. The SMILES string of the molecule is COc1cccc(NC(=O)N[C@@H](C)C(=O)N2CCc3ccccc32)c1. The maximum absolute atomic E-state index is 12.7. The number of nitrogens with zero attached hydrogens (tertiary/aromatic N) is 1. The van der Waals surface area contributed by atoms with E-state index in [9.17, 15) is 9.59 Å². The molecule has 0 saturated heterocycles. The third-order valence-corrected chi connectivity index (χ3v) is 4.20. The lowest BCUT2D eigenvalue weighted by Crippen LogP contribution is -2.47. The number of carbonyl (C=O) groups is 2. The quantitative estimate of drug-likeness (QED) is 0.900. The molecule has 3 amide bonds. The fraction of sp³-hybridized carbons (Fsp3) is 0.263. The first-order chi connectivity index (χ1) is 12.1. The van der Waals surface area contributed by atoms with E-state index in [1.54, 1.807) is 43.2 Å². The smallest absolute Gasteiger partial charge is 0.319 e. The van der Waals surface area contributed by atoms with E-state index < -0.39 is 12.1 Å². The number of hydrogen-bond acceptors (Lipinski definition) is 3. The van der Waals surface area contributed by atoms with Gasteiger partial charge in [-0.15, -0.1) is 0 Å². The molecular weight excluding hydrogens is 318 g/mol. The molecule has 0 bridgehead atoms. The summed E-state index contributed by atoms with van der Waals surface area (Å²) in [5, 5.41) is 5.40. The molecule has 3 rings (SSSR count). The molecule has 6 nitrogen and oxygen atoms in total. The normalized spacial score (nSPS) is 13.8. The van der Waals surface area contributed by atoms with Crippen molar-refractivity contribution in [2.24, 2.45) is 0 Å². The van der Waals surface area contributed by atoms with Gasteiger partial charge in [-0.2, -0.15) is 0 Å². The number of fused-ring (bicyclic) bond motifs is 1. The second kappa shape index (κ2) is 7.25. The van der Waals surface area contributed by atoms with Gasteiger partial charge in [-0.1, -0.05) is 24.3 Å². The summed E-state index contributed by atoms with van der Waals surface area (Å²) >= 11 is 0. The lowest BCUT2D eigenvalue weighted by Gasteiger charge is -2.22. The molecular formula is C19H21N3O3. The van der Waals surface area contributed by atoms with Crippen molar-refractivity contribution in [1.82, 2.24) is 5.32 Å². The number of anilines is 2. The third kappa shape index (κ3) is 3.74. The summed E-state index contributed by atoms with van der Waals surface area (Å²) in [4.78, 5) is 26.5. The molecule has 0 saturated carbocycles. The summed E-state index contributed by atoms with van der Waals surface area (Å²) in [6.07, 6.45) is 0.838. The minimum absolute atomic E-state index is 0.120. The maximum Gasteiger partial charge on any atom is 0.319 e. The van der Waals surface area contributed by atoms with Gasteiger partial charge < -0.3 is 20.3 Å². The van der Waals surface area contributed by atoms with Crippen molar-refractivity contribution in [2.45, 2.75) is 19.4 Å². The Bertz CT molecular complexity index is 791.